The minimum atomic E-state index is -0.977. The van der Waals surface area contributed by atoms with Crippen LogP contribution in [0.25, 0.3) is 0 Å². The standard InChI is InChI=1S/C3H7F/c1-2-3-4/h2-3H2,1H3/i1D2. The first-order valence-corrected chi connectivity index (χ1v) is 1.18. The molecule has 0 atom stereocenters. The molecule has 0 saturated carbocycles. The summed E-state index contributed by atoms with van der Waals surface area (Å²) in [6, 6.07) is 0. The molecule has 0 fully saturated rings. The molecule has 0 aliphatic rings. The number of rotatable bonds is 1. The lowest BCUT2D eigenvalue weighted by Crippen LogP contribution is -1.58. The van der Waals surface area contributed by atoms with E-state index in [1.165, 1.54) is 0 Å². The fraction of sp³-hybridized carbons (Fsp3) is 1.00. The van der Waals surface area contributed by atoms with Crippen LogP contribution in [-0.4, -0.2) is 6.67 Å². The second kappa shape index (κ2) is 2.93. The molecule has 26 valence electrons. The highest BCUT2D eigenvalue weighted by Gasteiger charge is 1.60. The van der Waals surface area contributed by atoms with E-state index in [1.807, 2.05) is 0 Å². The van der Waals surface area contributed by atoms with Crippen molar-refractivity contribution in [3.8, 4) is 0 Å². The molecule has 4 heavy (non-hydrogen) atoms. The van der Waals surface area contributed by atoms with Crippen LogP contribution in [0.4, 0.5) is 4.39 Å². The van der Waals surface area contributed by atoms with Gasteiger partial charge in [-0.2, -0.15) is 0 Å². The molecule has 0 heterocycles. The third-order valence-corrected chi connectivity index (χ3v) is 0.109. The maximum atomic E-state index is 11.0. The molecule has 0 nitrogen and oxygen atoms in total. The van der Waals surface area contributed by atoms with E-state index >= 15 is 0 Å². The van der Waals surface area contributed by atoms with E-state index in [0.29, 0.717) is 0 Å². The first-order chi connectivity index (χ1) is 2.77. The molecule has 0 bridgehead atoms. The Hall–Kier alpha value is -0.0700. The summed E-state index contributed by atoms with van der Waals surface area (Å²) in [4.78, 5) is 0. The first-order valence-electron chi connectivity index (χ1n) is 2.33. The van der Waals surface area contributed by atoms with Gasteiger partial charge in [-0.05, 0) is 6.42 Å². The van der Waals surface area contributed by atoms with E-state index in [4.69, 9.17) is 2.74 Å². The largest absolute Gasteiger partial charge is 0.251 e. The van der Waals surface area contributed by atoms with Crippen molar-refractivity contribution in [3.05, 3.63) is 0 Å². The van der Waals surface area contributed by atoms with Gasteiger partial charge in [0.05, 0.1) is 6.67 Å². The van der Waals surface area contributed by atoms with Gasteiger partial charge < -0.3 is 0 Å². The van der Waals surface area contributed by atoms with Gasteiger partial charge >= 0.3 is 0 Å². The highest BCUT2D eigenvalue weighted by Crippen LogP contribution is 1.69. The molecule has 0 N–H and O–H groups in total. The highest BCUT2D eigenvalue weighted by atomic mass is 19.1. The van der Waals surface area contributed by atoms with Crippen LogP contribution in [0.2, 0.25) is 0 Å². The van der Waals surface area contributed by atoms with Crippen molar-refractivity contribution in [3.63, 3.8) is 0 Å². The maximum Gasteiger partial charge on any atom is 0.0891 e. The van der Waals surface area contributed by atoms with E-state index in [2.05, 4.69) is 0 Å². The van der Waals surface area contributed by atoms with Crippen molar-refractivity contribution in [1.82, 2.24) is 0 Å². The predicted octanol–water partition coefficient (Wildman–Crippen LogP) is 1.37. The van der Waals surface area contributed by atoms with Crippen LogP contribution in [0, 0.1) is 0 Å². The van der Waals surface area contributed by atoms with E-state index in [-0.39, 0.29) is 6.42 Å². The Kier molecular flexibility index (Phi) is 1.02. The van der Waals surface area contributed by atoms with Crippen molar-refractivity contribution in [2.45, 2.75) is 13.3 Å². The number of hydrogen-bond donors (Lipinski definition) is 0. The monoisotopic (exact) mass is 64.1 g/mol. The molecule has 0 radical (unpaired) electrons. The van der Waals surface area contributed by atoms with Crippen molar-refractivity contribution in [1.29, 1.82) is 0 Å². The summed E-state index contributed by atoms with van der Waals surface area (Å²) in [6.07, 6.45) is 0.0417. The average Bonchev–Trinajstić information content (AvgIpc) is 1.35. The van der Waals surface area contributed by atoms with E-state index in [9.17, 15) is 4.39 Å². The normalized spacial score (nSPS) is 15.5. The van der Waals surface area contributed by atoms with Crippen molar-refractivity contribution in [2.24, 2.45) is 0 Å². The van der Waals surface area contributed by atoms with E-state index < -0.39 is 13.6 Å². The Morgan fingerprint density at radius 1 is 2.25 bits per heavy atom. The van der Waals surface area contributed by atoms with Crippen LogP contribution in [0.3, 0.4) is 0 Å². The third-order valence-electron chi connectivity index (χ3n) is 0.109. The molecule has 0 amide bonds. The first kappa shape index (κ1) is 1.39. The van der Waals surface area contributed by atoms with Gasteiger partial charge in [-0.25, -0.2) is 0 Å². The summed E-state index contributed by atoms with van der Waals surface area (Å²) >= 11 is 0. The fourth-order valence-corrected chi connectivity index (χ4v) is 0. The van der Waals surface area contributed by atoms with Crippen LogP contribution in [-0.2, 0) is 0 Å². The van der Waals surface area contributed by atoms with Crippen LogP contribution in [0.15, 0.2) is 0 Å². The van der Waals surface area contributed by atoms with Crippen LogP contribution < -0.4 is 0 Å². The average molecular weight is 64.1 g/mol. The number of halogens is 1. The minimum Gasteiger partial charge on any atom is -0.251 e. The molecule has 0 rings (SSSR count). The summed E-state index contributed by atoms with van der Waals surface area (Å²) in [5.41, 5.74) is 0. The highest BCUT2D eigenvalue weighted by molar-refractivity contribution is 4.11. The zero-order valence-electron chi connectivity index (χ0n) is 4.37. The number of alkyl halides is 1. The lowest BCUT2D eigenvalue weighted by atomic mass is 10.6. The topological polar surface area (TPSA) is 0 Å². The lowest BCUT2D eigenvalue weighted by molar-refractivity contribution is 0.487. The van der Waals surface area contributed by atoms with E-state index in [0.717, 1.165) is 0 Å². The van der Waals surface area contributed by atoms with Crippen LogP contribution >= 0.6 is 0 Å². The third kappa shape index (κ3) is 1.93. The van der Waals surface area contributed by atoms with Gasteiger partial charge in [0.1, 0.15) is 0 Å². The maximum absolute atomic E-state index is 11.0. The molecule has 0 unspecified atom stereocenters. The van der Waals surface area contributed by atoms with Crippen LogP contribution in [0.5, 0.6) is 0 Å². The molecule has 0 spiro atoms. The molecule has 0 aromatic carbocycles. The summed E-state index contributed by atoms with van der Waals surface area (Å²) in [6.45, 7) is -1.52. The second-order valence-corrected chi connectivity index (χ2v) is 0.478. The van der Waals surface area contributed by atoms with Gasteiger partial charge in [-0.15, -0.1) is 0 Å². The molecular weight excluding hydrogens is 55.0 g/mol. The van der Waals surface area contributed by atoms with Gasteiger partial charge in [0.25, 0.3) is 0 Å². The van der Waals surface area contributed by atoms with Crippen LogP contribution in [0.1, 0.15) is 16.0 Å². The molecule has 1 heteroatoms. The lowest BCUT2D eigenvalue weighted by Gasteiger charge is -1.64. The smallest absolute Gasteiger partial charge is 0.0891 e. The van der Waals surface area contributed by atoms with Crippen molar-refractivity contribution in [2.75, 3.05) is 6.67 Å². The zero-order chi connectivity index (χ0) is 4.99. The predicted molar refractivity (Wildman–Crippen MR) is 16.3 cm³/mol. The summed E-state index contributed by atoms with van der Waals surface area (Å²) < 4.78 is 23.8. The molecule has 0 aliphatic heterocycles. The Balaban J connectivity index is 2.63. The fourth-order valence-electron chi connectivity index (χ4n) is 0. The Morgan fingerprint density at radius 2 is 3.00 bits per heavy atom. The van der Waals surface area contributed by atoms with Crippen molar-refractivity contribution < 1.29 is 7.13 Å². The van der Waals surface area contributed by atoms with Gasteiger partial charge in [0.15, 0.2) is 0 Å². The SMILES string of the molecule is [2H]C([2H])CCF. The second-order valence-electron chi connectivity index (χ2n) is 0.478. The van der Waals surface area contributed by atoms with Gasteiger partial charge in [-0.1, -0.05) is 6.88 Å². The molecule has 0 aromatic rings. The van der Waals surface area contributed by atoms with Crippen molar-refractivity contribution >= 4 is 0 Å². The Bertz CT molecular complexity index is 30.0. The minimum absolute atomic E-state index is 0.0417. The molecule has 0 aromatic heterocycles. The van der Waals surface area contributed by atoms with E-state index in [1.54, 1.807) is 0 Å². The molecule has 0 saturated heterocycles. The van der Waals surface area contributed by atoms with Gasteiger partial charge in [0, 0.05) is 2.74 Å². The Labute approximate surface area is 28.4 Å². The Morgan fingerprint density at radius 3 is 3.00 bits per heavy atom. The molecular formula is C3H7F. The quantitative estimate of drug-likeness (QED) is 0.432. The molecule has 0 aliphatic carbocycles. The van der Waals surface area contributed by atoms with Gasteiger partial charge in [-0.3, -0.25) is 4.39 Å². The summed E-state index contributed by atoms with van der Waals surface area (Å²) in [7, 11) is 0. The van der Waals surface area contributed by atoms with Gasteiger partial charge in [0.2, 0.25) is 0 Å². The summed E-state index contributed by atoms with van der Waals surface area (Å²) in [5, 5.41) is 0. The zero-order valence-corrected chi connectivity index (χ0v) is 2.37. The summed E-state index contributed by atoms with van der Waals surface area (Å²) in [5.74, 6) is 0. The number of hydrogen-bond acceptors (Lipinski definition) is 0.